The summed E-state index contributed by atoms with van der Waals surface area (Å²) in [6.45, 7) is 5.60. The molecular weight excluding hydrogens is 286 g/mol. The fraction of sp³-hybridized carbons (Fsp3) is 0.533. The molecule has 0 spiro atoms. The van der Waals surface area contributed by atoms with Crippen molar-refractivity contribution in [1.29, 1.82) is 5.26 Å². The summed E-state index contributed by atoms with van der Waals surface area (Å²) in [6.07, 6.45) is 2.20. The van der Waals surface area contributed by atoms with Crippen LogP contribution in [-0.4, -0.2) is 27.5 Å². The number of nitrogens with zero attached hydrogens (tertiary/aromatic N) is 1. The number of nitrogens with one attached hydrogen (secondary N) is 2. The molecule has 0 saturated carbocycles. The minimum atomic E-state index is -3.53. The highest BCUT2D eigenvalue weighted by Crippen LogP contribution is 2.29. The van der Waals surface area contributed by atoms with Crippen molar-refractivity contribution in [3.63, 3.8) is 0 Å². The zero-order valence-corrected chi connectivity index (χ0v) is 13.2. The normalized spacial score (nSPS) is 21.7. The van der Waals surface area contributed by atoms with Gasteiger partial charge < -0.3 is 5.32 Å². The van der Waals surface area contributed by atoms with Crippen molar-refractivity contribution < 1.29 is 8.42 Å². The van der Waals surface area contributed by atoms with E-state index in [1.54, 1.807) is 0 Å². The predicted octanol–water partition coefficient (Wildman–Crippen LogP) is 1.61. The van der Waals surface area contributed by atoms with Gasteiger partial charge in [-0.3, -0.25) is 0 Å². The SMILES string of the molecule is CC1(C)CCCNC1CNS(=O)(=O)c1ccc(C#N)cc1. The summed E-state index contributed by atoms with van der Waals surface area (Å²) in [5.74, 6) is 0. The van der Waals surface area contributed by atoms with E-state index in [2.05, 4.69) is 23.9 Å². The number of nitriles is 1. The first kappa shape index (κ1) is 16.0. The van der Waals surface area contributed by atoms with Gasteiger partial charge in [0.2, 0.25) is 10.0 Å². The molecule has 1 aromatic rings. The topological polar surface area (TPSA) is 82.0 Å². The smallest absolute Gasteiger partial charge is 0.240 e. The lowest BCUT2D eigenvalue weighted by Crippen LogP contribution is -2.52. The van der Waals surface area contributed by atoms with E-state index in [-0.39, 0.29) is 16.4 Å². The Hall–Kier alpha value is -1.42. The summed E-state index contributed by atoms with van der Waals surface area (Å²) < 4.78 is 27.2. The van der Waals surface area contributed by atoms with Crippen molar-refractivity contribution in [3.05, 3.63) is 29.8 Å². The molecule has 1 aromatic carbocycles. The van der Waals surface area contributed by atoms with Crippen LogP contribution in [0.15, 0.2) is 29.2 Å². The summed E-state index contributed by atoms with van der Waals surface area (Å²) in [5.41, 5.74) is 0.523. The lowest BCUT2D eigenvalue weighted by Gasteiger charge is -2.39. The second-order valence-electron chi connectivity index (χ2n) is 6.09. The molecule has 1 heterocycles. The molecule has 1 fully saturated rings. The van der Waals surface area contributed by atoms with Crippen molar-refractivity contribution in [2.45, 2.75) is 37.6 Å². The lowest BCUT2D eigenvalue weighted by atomic mass is 9.78. The lowest BCUT2D eigenvalue weighted by molar-refractivity contribution is 0.181. The molecule has 2 rings (SSSR count). The van der Waals surface area contributed by atoms with Crippen LogP contribution in [0.5, 0.6) is 0 Å². The molecule has 0 aliphatic carbocycles. The van der Waals surface area contributed by atoms with Crippen LogP contribution in [0, 0.1) is 16.7 Å². The molecular formula is C15H21N3O2S. The van der Waals surface area contributed by atoms with Crippen molar-refractivity contribution in [3.8, 4) is 6.07 Å². The van der Waals surface area contributed by atoms with Crippen LogP contribution in [0.1, 0.15) is 32.3 Å². The van der Waals surface area contributed by atoms with E-state index in [4.69, 9.17) is 5.26 Å². The Labute approximate surface area is 126 Å². The summed E-state index contributed by atoms with van der Waals surface area (Å²) in [4.78, 5) is 0.190. The molecule has 0 aromatic heterocycles. The molecule has 1 aliphatic heterocycles. The molecule has 0 radical (unpaired) electrons. The average Bonchev–Trinajstić information content (AvgIpc) is 2.46. The second kappa shape index (κ2) is 6.14. The Morgan fingerprint density at radius 2 is 2.05 bits per heavy atom. The molecule has 5 nitrogen and oxygen atoms in total. The largest absolute Gasteiger partial charge is 0.312 e. The molecule has 1 aliphatic rings. The Kier molecular flexibility index (Phi) is 4.67. The monoisotopic (exact) mass is 307 g/mol. The van der Waals surface area contributed by atoms with Crippen molar-refractivity contribution in [2.24, 2.45) is 5.41 Å². The number of hydrogen-bond acceptors (Lipinski definition) is 4. The molecule has 1 unspecified atom stereocenters. The third-order valence-electron chi connectivity index (χ3n) is 4.10. The zero-order chi connectivity index (χ0) is 15.5. The third kappa shape index (κ3) is 3.82. The van der Waals surface area contributed by atoms with Gasteiger partial charge in [0.1, 0.15) is 0 Å². The van der Waals surface area contributed by atoms with Gasteiger partial charge in [0.15, 0.2) is 0 Å². The van der Waals surface area contributed by atoms with E-state index in [0.717, 1.165) is 19.4 Å². The molecule has 114 valence electrons. The Morgan fingerprint density at radius 3 is 2.62 bits per heavy atom. The van der Waals surface area contributed by atoms with Crippen molar-refractivity contribution in [2.75, 3.05) is 13.1 Å². The highest BCUT2D eigenvalue weighted by Gasteiger charge is 2.32. The molecule has 1 atom stereocenters. The summed E-state index contributed by atoms with van der Waals surface area (Å²) >= 11 is 0. The highest BCUT2D eigenvalue weighted by atomic mass is 32.2. The van der Waals surface area contributed by atoms with Gasteiger partial charge in [-0.1, -0.05) is 13.8 Å². The van der Waals surface area contributed by atoms with Gasteiger partial charge in [0, 0.05) is 12.6 Å². The van der Waals surface area contributed by atoms with Crippen LogP contribution in [0.2, 0.25) is 0 Å². The molecule has 0 amide bonds. The van der Waals surface area contributed by atoms with Gasteiger partial charge in [-0.2, -0.15) is 5.26 Å². The summed E-state index contributed by atoms with van der Waals surface area (Å²) in [5, 5.41) is 12.1. The van der Waals surface area contributed by atoms with Crippen LogP contribution in [0.4, 0.5) is 0 Å². The van der Waals surface area contributed by atoms with E-state index in [1.165, 1.54) is 24.3 Å². The Balaban J connectivity index is 2.05. The highest BCUT2D eigenvalue weighted by molar-refractivity contribution is 7.89. The first-order valence-electron chi connectivity index (χ1n) is 7.08. The van der Waals surface area contributed by atoms with E-state index in [1.807, 2.05) is 6.07 Å². The summed E-state index contributed by atoms with van der Waals surface area (Å²) in [6, 6.07) is 8.04. The predicted molar refractivity (Wildman–Crippen MR) is 81.2 cm³/mol. The third-order valence-corrected chi connectivity index (χ3v) is 5.54. The van der Waals surface area contributed by atoms with Crippen LogP contribution < -0.4 is 10.0 Å². The molecule has 1 saturated heterocycles. The fourth-order valence-electron chi connectivity index (χ4n) is 2.60. The fourth-order valence-corrected chi connectivity index (χ4v) is 3.65. The molecule has 6 heteroatoms. The number of hydrogen-bond donors (Lipinski definition) is 2. The average molecular weight is 307 g/mol. The van der Waals surface area contributed by atoms with E-state index in [9.17, 15) is 8.42 Å². The standard InChI is InChI=1S/C15H21N3O2S/c1-15(2)8-3-9-17-14(15)11-18-21(19,20)13-6-4-12(10-16)5-7-13/h4-7,14,17-18H,3,8-9,11H2,1-2H3. The van der Waals surface area contributed by atoms with E-state index >= 15 is 0 Å². The maximum Gasteiger partial charge on any atom is 0.240 e. The first-order valence-corrected chi connectivity index (χ1v) is 8.57. The maximum atomic E-state index is 12.3. The number of rotatable bonds is 4. The molecule has 0 bridgehead atoms. The second-order valence-corrected chi connectivity index (χ2v) is 7.85. The minimum absolute atomic E-state index is 0.0748. The van der Waals surface area contributed by atoms with Gasteiger partial charge in [0.05, 0.1) is 16.5 Å². The quantitative estimate of drug-likeness (QED) is 0.885. The summed E-state index contributed by atoms with van der Waals surface area (Å²) in [7, 11) is -3.53. The van der Waals surface area contributed by atoms with Crippen molar-refractivity contribution in [1.82, 2.24) is 10.0 Å². The van der Waals surface area contributed by atoms with Crippen LogP contribution in [-0.2, 0) is 10.0 Å². The number of benzene rings is 1. The first-order chi connectivity index (χ1) is 9.85. The number of piperidine rings is 1. The minimum Gasteiger partial charge on any atom is -0.312 e. The maximum absolute atomic E-state index is 12.3. The van der Waals surface area contributed by atoms with Crippen LogP contribution >= 0.6 is 0 Å². The molecule has 21 heavy (non-hydrogen) atoms. The number of sulfonamides is 1. The van der Waals surface area contributed by atoms with E-state index < -0.39 is 10.0 Å². The Morgan fingerprint density at radius 1 is 1.38 bits per heavy atom. The van der Waals surface area contributed by atoms with Crippen molar-refractivity contribution >= 4 is 10.0 Å². The zero-order valence-electron chi connectivity index (χ0n) is 12.4. The van der Waals surface area contributed by atoms with E-state index in [0.29, 0.717) is 12.1 Å². The van der Waals surface area contributed by atoms with Gasteiger partial charge in [-0.15, -0.1) is 0 Å². The van der Waals surface area contributed by atoms with Crippen LogP contribution in [0.25, 0.3) is 0 Å². The van der Waals surface area contributed by atoms with Gasteiger partial charge in [-0.05, 0) is 49.1 Å². The Bertz CT molecular complexity index is 630. The van der Waals surface area contributed by atoms with Gasteiger partial charge in [0.25, 0.3) is 0 Å². The van der Waals surface area contributed by atoms with Crippen LogP contribution in [0.3, 0.4) is 0 Å². The van der Waals surface area contributed by atoms with Gasteiger partial charge in [-0.25, -0.2) is 13.1 Å². The molecule has 2 N–H and O–H groups in total. The van der Waals surface area contributed by atoms with Gasteiger partial charge >= 0.3 is 0 Å².